The highest BCUT2D eigenvalue weighted by atomic mass is 35.5. The van der Waals surface area contributed by atoms with Crippen molar-refractivity contribution in [1.82, 2.24) is 0 Å². The molecule has 0 bridgehead atoms. The van der Waals surface area contributed by atoms with Gasteiger partial charge in [-0.3, -0.25) is 0 Å². The number of rotatable bonds is 6. The van der Waals surface area contributed by atoms with Crippen molar-refractivity contribution in [3.8, 4) is 11.5 Å². The van der Waals surface area contributed by atoms with Crippen LogP contribution < -0.4 is 9.47 Å². The monoisotopic (exact) mass is 298 g/mol. The normalized spacial score (nSPS) is 10.7. The molecule has 0 aliphatic heterocycles. The number of alkyl halides is 1. The van der Waals surface area contributed by atoms with Gasteiger partial charge in [-0.15, -0.1) is 11.6 Å². The van der Waals surface area contributed by atoms with Crippen molar-refractivity contribution in [2.75, 3.05) is 19.1 Å². The SMILES string of the molecule is CCCOc1c(Cl)cc(OCCCl)c2ccccc12. The minimum absolute atomic E-state index is 0.444. The average Bonchev–Trinajstić information content (AvgIpc) is 2.44. The third kappa shape index (κ3) is 3.26. The molecule has 0 saturated carbocycles. The predicted molar refractivity (Wildman–Crippen MR) is 81.0 cm³/mol. The van der Waals surface area contributed by atoms with Crippen LogP contribution >= 0.6 is 23.2 Å². The van der Waals surface area contributed by atoms with Crippen molar-refractivity contribution in [3.63, 3.8) is 0 Å². The molecule has 0 spiro atoms. The van der Waals surface area contributed by atoms with E-state index in [1.807, 2.05) is 24.3 Å². The predicted octanol–water partition coefficient (Wildman–Crippen LogP) is 4.90. The van der Waals surface area contributed by atoms with Crippen molar-refractivity contribution >= 4 is 34.0 Å². The number of halogens is 2. The first-order chi connectivity index (χ1) is 9.27. The lowest BCUT2D eigenvalue weighted by molar-refractivity contribution is 0.319. The Labute approximate surface area is 123 Å². The van der Waals surface area contributed by atoms with E-state index in [9.17, 15) is 0 Å². The lowest BCUT2D eigenvalue weighted by Gasteiger charge is -2.14. The number of hydrogen-bond acceptors (Lipinski definition) is 2. The fourth-order valence-corrected chi connectivity index (χ4v) is 2.23. The summed E-state index contributed by atoms with van der Waals surface area (Å²) in [6.45, 7) is 3.16. The molecule has 0 amide bonds. The second-order valence-corrected chi connectivity index (χ2v) is 4.90. The summed E-state index contributed by atoms with van der Waals surface area (Å²) in [6, 6.07) is 9.70. The average molecular weight is 299 g/mol. The van der Waals surface area contributed by atoms with Gasteiger partial charge in [0.05, 0.1) is 17.5 Å². The van der Waals surface area contributed by atoms with Crippen LogP contribution in [0.4, 0.5) is 0 Å². The van der Waals surface area contributed by atoms with Gasteiger partial charge in [0.15, 0.2) is 0 Å². The third-order valence-corrected chi connectivity index (χ3v) is 3.13. The van der Waals surface area contributed by atoms with Crippen LogP contribution in [-0.2, 0) is 0 Å². The quantitative estimate of drug-likeness (QED) is 0.706. The van der Waals surface area contributed by atoms with E-state index in [0.717, 1.165) is 28.7 Å². The molecule has 0 aromatic heterocycles. The molecule has 2 aromatic rings. The summed E-state index contributed by atoms with van der Waals surface area (Å²) in [5, 5.41) is 2.52. The highest BCUT2D eigenvalue weighted by Gasteiger charge is 2.12. The van der Waals surface area contributed by atoms with Crippen LogP contribution in [0, 0.1) is 0 Å². The van der Waals surface area contributed by atoms with Gasteiger partial charge in [0.25, 0.3) is 0 Å². The molecule has 0 heterocycles. The summed E-state index contributed by atoms with van der Waals surface area (Å²) >= 11 is 11.9. The van der Waals surface area contributed by atoms with Crippen LogP contribution in [0.25, 0.3) is 10.8 Å². The van der Waals surface area contributed by atoms with Crippen LogP contribution in [0.15, 0.2) is 30.3 Å². The number of hydrogen-bond donors (Lipinski definition) is 0. The zero-order valence-electron chi connectivity index (χ0n) is 10.8. The summed E-state index contributed by atoms with van der Waals surface area (Å²) in [5.74, 6) is 1.91. The Hall–Kier alpha value is -1.12. The summed E-state index contributed by atoms with van der Waals surface area (Å²) in [7, 11) is 0. The van der Waals surface area contributed by atoms with Crippen LogP contribution in [-0.4, -0.2) is 19.1 Å². The summed E-state index contributed by atoms with van der Waals surface area (Å²) in [4.78, 5) is 0. The Balaban J connectivity index is 2.49. The molecule has 0 aliphatic rings. The van der Waals surface area contributed by atoms with E-state index in [1.165, 1.54) is 0 Å². The van der Waals surface area contributed by atoms with E-state index < -0.39 is 0 Å². The maximum absolute atomic E-state index is 6.29. The molecule has 0 atom stereocenters. The van der Waals surface area contributed by atoms with Crippen LogP contribution in [0.1, 0.15) is 13.3 Å². The van der Waals surface area contributed by atoms with Gasteiger partial charge in [-0.25, -0.2) is 0 Å². The van der Waals surface area contributed by atoms with Crippen molar-refractivity contribution < 1.29 is 9.47 Å². The maximum atomic E-state index is 6.29. The molecule has 0 aliphatic carbocycles. The Morgan fingerprint density at radius 2 is 1.79 bits per heavy atom. The van der Waals surface area contributed by atoms with Gasteiger partial charge in [0.2, 0.25) is 0 Å². The summed E-state index contributed by atoms with van der Waals surface area (Å²) < 4.78 is 11.4. The van der Waals surface area contributed by atoms with Crippen LogP contribution in [0.5, 0.6) is 11.5 Å². The molecule has 102 valence electrons. The van der Waals surface area contributed by atoms with E-state index in [4.69, 9.17) is 32.7 Å². The van der Waals surface area contributed by atoms with Crippen molar-refractivity contribution in [1.29, 1.82) is 0 Å². The zero-order valence-corrected chi connectivity index (χ0v) is 12.3. The molecule has 2 nitrogen and oxygen atoms in total. The largest absolute Gasteiger partial charge is 0.492 e. The second kappa shape index (κ2) is 6.88. The van der Waals surface area contributed by atoms with E-state index in [1.54, 1.807) is 6.07 Å². The minimum Gasteiger partial charge on any atom is -0.492 e. The highest BCUT2D eigenvalue weighted by molar-refractivity contribution is 6.33. The number of ether oxygens (including phenoxy) is 2. The minimum atomic E-state index is 0.444. The molecule has 0 N–H and O–H groups in total. The lowest BCUT2D eigenvalue weighted by atomic mass is 10.1. The molecular formula is C15H16Cl2O2. The first-order valence-corrected chi connectivity index (χ1v) is 7.22. The van der Waals surface area contributed by atoms with Crippen molar-refractivity contribution in [2.45, 2.75) is 13.3 Å². The Kier molecular flexibility index (Phi) is 5.17. The number of benzene rings is 2. The van der Waals surface area contributed by atoms with Gasteiger partial charge >= 0.3 is 0 Å². The Morgan fingerprint density at radius 3 is 2.47 bits per heavy atom. The molecule has 0 saturated heterocycles. The molecule has 19 heavy (non-hydrogen) atoms. The topological polar surface area (TPSA) is 18.5 Å². The smallest absolute Gasteiger partial charge is 0.145 e. The second-order valence-electron chi connectivity index (χ2n) is 4.12. The maximum Gasteiger partial charge on any atom is 0.145 e. The molecule has 2 aromatic carbocycles. The molecule has 0 radical (unpaired) electrons. The Morgan fingerprint density at radius 1 is 1.05 bits per heavy atom. The van der Waals surface area contributed by atoms with Gasteiger partial charge in [0.1, 0.15) is 18.1 Å². The third-order valence-electron chi connectivity index (χ3n) is 2.70. The molecule has 4 heteroatoms. The van der Waals surface area contributed by atoms with E-state index in [2.05, 4.69) is 6.92 Å². The number of fused-ring (bicyclic) bond motifs is 1. The molecule has 0 unspecified atom stereocenters. The van der Waals surface area contributed by atoms with Crippen LogP contribution in [0.2, 0.25) is 5.02 Å². The van der Waals surface area contributed by atoms with Crippen molar-refractivity contribution in [2.24, 2.45) is 0 Å². The van der Waals surface area contributed by atoms with E-state index >= 15 is 0 Å². The van der Waals surface area contributed by atoms with Crippen LogP contribution in [0.3, 0.4) is 0 Å². The fraction of sp³-hybridized carbons (Fsp3) is 0.333. The molecule has 0 fully saturated rings. The summed E-state index contributed by atoms with van der Waals surface area (Å²) in [5.41, 5.74) is 0. The first-order valence-electron chi connectivity index (χ1n) is 6.30. The van der Waals surface area contributed by atoms with Gasteiger partial charge in [-0.2, -0.15) is 0 Å². The Bertz CT molecular complexity index is 555. The highest BCUT2D eigenvalue weighted by Crippen LogP contribution is 2.39. The van der Waals surface area contributed by atoms with Crippen molar-refractivity contribution in [3.05, 3.63) is 35.4 Å². The van der Waals surface area contributed by atoms with E-state index in [-0.39, 0.29) is 0 Å². The van der Waals surface area contributed by atoms with Gasteiger partial charge in [-0.05, 0) is 6.42 Å². The zero-order chi connectivity index (χ0) is 13.7. The molecular weight excluding hydrogens is 283 g/mol. The van der Waals surface area contributed by atoms with Gasteiger partial charge in [-0.1, -0.05) is 42.8 Å². The van der Waals surface area contributed by atoms with Gasteiger partial charge < -0.3 is 9.47 Å². The fourth-order valence-electron chi connectivity index (χ4n) is 1.90. The van der Waals surface area contributed by atoms with Gasteiger partial charge in [0, 0.05) is 16.8 Å². The lowest BCUT2D eigenvalue weighted by Crippen LogP contribution is -2.01. The summed E-state index contributed by atoms with van der Waals surface area (Å²) in [6.07, 6.45) is 0.940. The standard InChI is InChI=1S/C15H16Cl2O2/c1-2-8-19-15-12-6-4-3-5-11(12)14(10-13(15)17)18-9-7-16/h3-6,10H,2,7-9H2,1H3. The first kappa shape index (κ1) is 14.3. The molecule has 2 rings (SSSR count). The van der Waals surface area contributed by atoms with E-state index in [0.29, 0.717) is 24.1 Å².